The number of morpholine rings is 1. The summed E-state index contributed by atoms with van der Waals surface area (Å²) in [6.07, 6.45) is 7.90. The number of carbonyl (C=O) groups excluding carboxylic acids is 2. The maximum absolute atomic E-state index is 13.0. The number of rotatable bonds is 5. The van der Waals surface area contributed by atoms with Gasteiger partial charge in [0.1, 0.15) is 5.82 Å². The van der Waals surface area contributed by atoms with Gasteiger partial charge in [-0.25, -0.2) is 9.78 Å². The highest BCUT2D eigenvalue weighted by Gasteiger charge is 2.26. The van der Waals surface area contributed by atoms with Crippen molar-refractivity contribution < 1.29 is 14.3 Å². The van der Waals surface area contributed by atoms with Crippen LogP contribution in [-0.2, 0) is 4.74 Å². The molecule has 0 aliphatic carbocycles. The first-order valence-electron chi connectivity index (χ1n) is 14.5. The van der Waals surface area contributed by atoms with E-state index >= 15 is 0 Å². The number of piperidine rings is 1. The third-order valence-corrected chi connectivity index (χ3v) is 8.24. The third-order valence-electron chi connectivity index (χ3n) is 8.24. The molecule has 3 amide bonds. The second-order valence-electron chi connectivity index (χ2n) is 11.1. The van der Waals surface area contributed by atoms with Crippen LogP contribution in [0.3, 0.4) is 0 Å². The minimum atomic E-state index is -0.0387. The number of anilines is 2. The minimum Gasteiger partial charge on any atom is -0.378 e. The van der Waals surface area contributed by atoms with Crippen molar-refractivity contribution in [2.75, 3.05) is 63.1 Å². The normalized spacial score (nSPS) is 19.3. The molecule has 10 nitrogen and oxygen atoms in total. The number of pyridine rings is 1. The number of hydrogen-bond acceptors (Lipinski definition) is 7. The molecule has 1 aromatic heterocycles. The van der Waals surface area contributed by atoms with Crippen molar-refractivity contribution in [3.05, 3.63) is 71.2 Å². The number of fused-ring (bicyclic) bond motifs is 1. The predicted octanol–water partition coefficient (Wildman–Crippen LogP) is 4.19. The second-order valence-corrected chi connectivity index (χ2v) is 11.1. The average molecular weight is 556 g/mol. The van der Waals surface area contributed by atoms with Gasteiger partial charge in [-0.15, -0.1) is 0 Å². The number of ether oxygens (including phenoxy) is 1. The van der Waals surface area contributed by atoms with E-state index in [1.165, 1.54) is 0 Å². The topological polar surface area (TPSA) is 102 Å². The summed E-state index contributed by atoms with van der Waals surface area (Å²) >= 11 is 0. The zero-order valence-corrected chi connectivity index (χ0v) is 23.7. The van der Waals surface area contributed by atoms with Crippen LogP contribution in [0.1, 0.15) is 41.3 Å². The summed E-state index contributed by atoms with van der Waals surface area (Å²) in [6.45, 7) is 9.70. The van der Waals surface area contributed by atoms with Crippen molar-refractivity contribution in [1.29, 1.82) is 0 Å². The van der Waals surface area contributed by atoms with E-state index < -0.39 is 0 Å². The van der Waals surface area contributed by atoms with Gasteiger partial charge < -0.3 is 30.1 Å². The molecular formula is C31H37N7O3. The number of likely N-dealkylation sites (tertiary alicyclic amines) is 1. The van der Waals surface area contributed by atoms with Crippen LogP contribution in [-0.4, -0.2) is 89.9 Å². The molecular weight excluding hydrogens is 518 g/mol. The Bertz CT molecular complexity index is 1400. The smallest absolute Gasteiger partial charge is 0.321 e. The van der Waals surface area contributed by atoms with E-state index in [2.05, 4.69) is 45.8 Å². The Labute approximate surface area is 240 Å². The molecule has 0 atom stereocenters. The number of aliphatic imine (C=N–C) groups is 1. The number of urea groups is 1. The van der Waals surface area contributed by atoms with Gasteiger partial charge >= 0.3 is 6.03 Å². The van der Waals surface area contributed by atoms with E-state index in [1.807, 2.05) is 30.0 Å². The molecule has 1 aromatic carbocycles. The standard InChI is InChI=1S/C31H37N7O3/c1-21-8-11-37(12-9-21)31(40)35-26-5-3-4-25(22(26)2)24-18-27(29-32-10-13-38(29)20-24)34-28-7-6-23(19-33-28)30(39)36-14-16-41-17-15-36/h3-7,18-21H,8-17H2,1-2H3,(H,33,34)(H,35,40). The first-order chi connectivity index (χ1) is 20.0. The van der Waals surface area contributed by atoms with E-state index in [1.54, 1.807) is 17.2 Å². The van der Waals surface area contributed by atoms with Gasteiger partial charge in [-0.1, -0.05) is 19.1 Å². The SMILES string of the molecule is Cc1c(NC(=O)N2CCC(C)CC2)cccc1C1=CN2CCN=C2C(Nc2ccc(C(=O)N3CCOCC3)cn2)=C1. The molecule has 0 radical (unpaired) electrons. The molecule has 2 N–H and O–H groups in total. The summed E-state index contributed by atoms with van der Waals surface area (Å²) in [6, 6.07) is 9.62. The molecule has 6 rings (SSSR count). The third kappa shape index (κ3) is 5.83. The monoisotopic (exact) mass is 555 g/mol. The van der Waals surface area contributed by atoms with Gasteiger partial charge in [0.25, 0.3) is 5.91 Å². The molecule has 41 heavy (non-hydrogen) atoms. The van der Waals surface area contributed by atoms with Gasteiger partial charge in [0.15, 0.2) is 5.84 Å². The van der Waals surface area contributed by atoms with E-state index in [-0.39, 0.29) is 11.9 Å². The molecule has 4 aliphatic rings. The van der Waals surface area contributed by atoms with Crippen LogP contribution in [0.25, 0.3) is 5.57 Å². The van der Waals surface area contributed by atoms with Crippen LogP contribution >= 0.6 is 0 Å². The van der Waals surface area contributed by atoms with Gasteiger partial charge in [-0.05, 0) is 61.1 Å². The van der Waals surface area contributed by atoms with Crippen LogP contribution in [0.4, 0.5) is 16.3 Å². The number of nitrogens with one attached hydrogen (secondary N) is 2. The van der Waals surface area contributed by atoms with Gasteiger partial charge in [0.05, 0.1) is 31.0 Å². The average Bonchev–Trinajstić information content (AvgIpc) is 3.48. The number of amides is 3. The number of allylic oxidation sites excluding steroid dienone is 2. The summed E-state index contributed by atoms with van der Waals surface area (Å²) in [4.78, 5) is 40.9. The number of carbonyl (C=O) groups is 2. The second kappa shape index (κ2) is 11.7. The zero-order valence-electron chi connectivity index (χ0n) is 23.7. The van der Waals surface area contributed by atoms with Gasteiger partial charge in [-0.2, -0.15) is 0 Å². The van der Waals surface area contributed by atoms with Crippen LogP contribution in [0.5, 0.6) is 0 Å². The maximum atomic E-state index is 13.0. The summed E-state index contributed by atoms with van der Waals surface area (Å²) in [7, 11) is 0. The van der Waals surface area contributed by atoms with E-state index in [9.17, 15) is 9.59 Å². The van der Waals surface area contributed by atoms with Crippen LogP contribution in [0.15, 0.2) is 59.5 Å². The Hall–Kier alpha value is -4.18. The molecule has 2 aromatic rings. The Kier molecular flexibility index (Phi) is 7.74. The van der Waals surface area contributed by atoms with Crippen molar-refractivity contribution in [3.8, 4) is 0 Å². The maximum Gasteiger partial charge on any atom is 0.321 e. The number of nitrogens with zero attached hydrogens (tertiary/aromatic N) is 5. The lowest BCUT2D eigenvalue weighted by Crippen LogP contribution is -2.40. The van der Waals surface area contributed by atoms with Crippen molar-refractivity contribution >= 4 is 34.9 Å². The highest BCUT2D eigenvalue weighted by molar-refractivity contribution is 6.07. The number of amidine groups is 1. The lowest BCUT2D eigenvalue weighted by atomic mass is 9.97. The fraction of sp³-hybridized carbons (Fsp3) is 0.419. The lowest BCUT2D eigenvalue weighted by molar-refractivity contribution is 0.0302. The molecule has 4 aliphatic heterocycles. The quantitative estimate of drug-likeness (QED) is 0.574. The van der Waals surface area contributed by atoms with Crippen molar-refractivity contribution in [3.63, 3.8) is 0 Å². The fourth-order valence-electron chi connectivity index (χ4n) is 5.66. The Balaban J connectivity index is 1.20. The molecule has 0 bridgehead atoms. The Morgan fingerprint density at radius 2 is 1.80 bits per heavy atom. The van der Waals surface area contributed by atoms with Crippen molar-refractivity contribution in [2.24, 2.45) is 10.9 Å². The Morgan fingerprint density at radius 1 is 1.00 bits per heavy atom. The number of hydrogen-bond donors (Lipinski definition) is 2. The fourth-order valence-corrected chi connectivity index (χ4v) is 5.66. The van der Waals surface area contributed by atoms with Crippen molar-refractivity contribution in [1.82, 2.24) is 19.7 Å². The molecule has 2 saturated heterocycles. The Morgan fingerprint density at radius 3 is 2.56 bits per heavy atom. The van der Waals surface area contributed by atoms with E-state index in [0.29, 0.717) is 50.1 Å². The lowest BCUT2D eigenvalue weighted by Gasteiger charge is -2.30. The highest BCUT2D eigenvalue weighted by atomic mass is 16.5. The van der Waals surface area contributed by atoms with Crippen LogP contribution in [0, 0.1) is 12.8 Å². The predicted molar refractivity (Wildman–Crippen MR) is 160 cm³/mol. The first kappa shape index (κ1) is 27.0. The number of benzene rings is 1. The largest absolute Gasteiger partial charge is 0.378 e. The molecule has 0 unspecified atom stereocenters. The summed E-state index contributed by atoms with van der Waals surface area (Å²) < 4.78 is 5.36. The number of aromatic nitrogens is 1. The summed E-state index contributed by atoms with van der Waals surface area (Å²) in [5.74, 6) is 2.14. The van der Waals surface area contributed by atoms with Crippen LogP contribution < -0.4 is 10.6 Å². The van der Waals surface area contributed by atoms with E-state index in [0.717, 1.165) is 66.4 Å². The molecule has 10 heteroatoms. The zero-order chi connectivity index (χ0) is 28.3. The van der Waals surface area contributed by atoms with Gasteiger partial charge in [0, 0.05) is 56.4 Å². The summed E-state index contributed by atoms with van der Waals surface area (Å²) in [5.41, 5.74) is 5.29. The highest BCUT2D eigenvalue weighted by Crippen LogP contribution is 2.32. The molecule has 0 spiro atoms. The molecule has 214 valence electrons. The molecule has 0 saturated carbocycles. The molecule has 5 heterocycles. The van der Waals surface area contributed by atoms with Crippen molar-refractivity contribution in [2.45, 2.75) is 26.7 Å². The van der Waals surface area contributed by atoms with Gasteiger partial charge in [0.2, 0.25) is 0 Å². The minimum absolute atomic E-state index is 0.0295. The summed E-state index contributed by atoms with van der Waals surface area (Å²) in [5, 5.41) is 6.57. The van der Waals surface area contributed by atoms with E-state index in [4.69, 9.17) is 9.73 Å². The molecule has 2 fully saturated rings. The van der Waals surface area contributed by atoms with Crippen LogP contribution in [0.2, 0.25) is 0 Å². The first-order valence-corrected chi connectivity index (χ1v) is 14.5. The van der Waals surface area contributed by atoms with Gasteiger partial charge in [-0.3, -0.25) is 9.79 Å².